The normalized spacial score (nSPS) is 14.3. The lowest BCUT2D eigenvalue weighted by Crippen LogP contribution is -2.35. The highest BCUT2D eigenvalue weighted by molar-refractivity contribution is 6.12. The largest absolute Gasteiger partial charge is 0.359 e. The molecule has 5 aromatic rings. The van der Waals surface area contributed by atoms with Crippen LogP contribution in [0.25, 0.3) is 16.6 Å². The van der Waals surface area contributed by atoms with Crippen molar-refractivity contribution in [2.75, 3.05) is 10.2 Å². The molecule has 0 fully saturated rings. The molecule has 2 N–H and O–H groups in total. The lowest BCUT2D eigenvalue weighted by Gasteiger charge is -2.20. The third-order valence-electron chi connectivity index (χ3n) is 6.99. The van der Waals surface area contributed by atoms with E-state index in [-0.39, 0.29) is 11.8 Å². The van der Waals surface area contributed by atoms with Crippen molar-refractivity contribution in [3.63, 3.8) is 0 Å². The van der Waals surface area contributed by atoms with E-state index in [1.807, 2.05) is 104 Å². The molecule has 0 spiro atoms. The molecule has 6 rings (SSSR count). The van der Waals surface area contributed by atoms with E-state index >= 15 is 0 Å². The zero-order valence-corrected chi connectivity index (χ0v) is 20.2. The Morgan fingerprint density at radius 2 is 1.75 bits per heavy atom. The van der Waals surface area contributed by atoms with E-state index in [1.54, 1.807) is 17.2 Å². The van der Waals surface area contributed by atoms with Crippen molar-refractivity contribution in [3.8, 4) is 5.69 Å². The number of H-pyrrole nitrogens is 1. The van der Waals surface area contributed by atoms with Crippen LogP contribution in [-0.4, -0.2) is 21.4 Å². The fourth-order valence-electron chi connectivity index (χ4n) is 4.99. The summed E-state index contributed by atoms with van der Waals surface area (Å²) in [7, 11) is 0. The molecule has 3 aromatic carbocycles. The molecular weight excluding hydrogens is 448 g/mol. The van der Waals surface area contributed by atoms with E-state index in [1.165, 1.54) is 0 Å². The standard InChI is InChI=1S/C30H26N4O2/c1-30(2)24-13-12-21(28(35)32-26-17-31-25-11-7-6-10-23(25)26)16-27(24)34(29(30)36)19-20-14-15-33(18-20)22-8-4-3-5-9-22/h3-18,31H,19H2,1-2H3,(H,32,35). The van der Waals surface area contributed by atoms with Gasteiger partial charge in [-0.25, -0.2) is 0 Å². The van der Waals surface area contributed by atoms with Gasteiger partial charge in [0.2, 0.25) is 5.91 Å². The third kappa shape index (κ3) is 3.58. The van der Waals surface area contributed by atoms with Crippen molar-refractivity contribution in [2.24, 2.45) is 0 Å². The number of nitrogens with zero attached hydrogens (tertiary/aromatic N) is 2. The molecule has 0 aliphatic carbocycles. The molecule has 2 aromatic heterocycles. The summed E-state index contributed by atoms with van der Waals surface area (Å²) in [5.74, 6) is -0.186. The van der Waals surface area contributed by atoms with Crippen molar-refractivity contribution in [3.05, 3.63) is 114 Å². The molecule has 3 heterocycles. The van der Waals surface area contributed by atoms with Crippen LogP contribution in [0.1, 0.15) is 35.3 Å². The number of rotatable bonds is 5. The third-order valence-corrected chi connectivity index (χ3v) is 6.99. The smallest absolute Gasteiger partial charge is 0.255 e. The fraction of sp³-hybridized carbons (Fsp3) is 0.133. The van der Waals surface area contributed by atoms with Gasteiger partial charge in [-0.15, -0.1) is 0 Å². The second kappa shape index (κ2) is 8.27. The van der Waals surface area contributed by atoms with Gasteiger partial charge in [0.25, 0.3) is 5.91 Å². The SMILES string of the molecule is CC1(C)C(=O)N(Cc2ccn(-c3ccccc3)c2)c2cc(C(=O)Nc3c[nH]c4ccccc34)ccc21. The van der Waals surface area contributed by atoms with E-state index in [0.717, 1.165) is 39.1 Å². The summed E-state index contributed by atoms with van der Waals surface area (Å²) in [6.45, 7) is 4.31. The Hall–Kier alpha value is -4.58. The van der Waals surface area contributed by atoms with Crippen molar-refractivity contribution in [1.29, 1.82) is 0 Å². The molecule has 178 valence electrons. The van der Waals surface area contributed by atoms with Gasteiger partial charge in [-0.3, -0.25) is 9.59 Å². The average Bonchev–Trinajstić information content (AvgIpc) is 3.58. The van der Waals surface area contributed by atoms with Crippen LogP contribution in [0.4, 0.5) is 11.4 Å². The molecule has 1 aliphatic rings. The number of aromatic nitrogens is 2. The van der Waals surface area contributed by atoms with E-state index in [4.69, 9.17) is 0 Å². The molecule has 36 heavy (non-hydrogen) atoms. The van der Waals surface area contributed by atoms with Crippen LogP contribution in [0.15, 0.2) is 97.5 Å². The first kappa shape index (κ1) is 21.9. The predicted octanol–water partition coefficient (Wildman–Crippen LogP) is 6.04. The molecule has 0 unspecified atom stereocenters. The molecule has 6 nitrogen and oxygen atoms in total. The highest BCUT2D eigenvalue weighted by Gasteiger charge is 2.44. The Kier molecular flexibility index (Phi) is 5.04. The maximum atomic E-state index is 13.5. The van der Waals surface area contributed by atoms with Gasteiger partial charge in [0.15, 0.2) is 0 Å². The lowest BCUT2D eigenvalue weighted by atomic mass is 9.86. The Morgan fingerprint density at radius 1 is 0.972 bits per heavy atom. The van der Waals surface area contributed by atoms with E-state index in [9.17, 15) is 9.59 Å². The number of fused-ring (bicyclic) bond motifs is 2. The minimum atomic E-state index is -0.664. The molecule has 0 bridgehead atoms. The number of para-hydroxylation sites is 2. The second-order valence-electron chi connectivity index (χ2n) is 9.71. The maximum Gasteiger partial charge on any atom is 0.255 e. The van der Waals surface area contributed by atoms with E-state index in [2.05, 4.69) is 10.3 Å². The van der Waals surface area contributed by atoms with Gasteiger partial charge in [0.05, 0.1) is 17.6 Å². The molecular formula is C30H26N4O2. The minimum Gasteiger partial charge on any atom is -0.359 e. The van der Waals surface area contributed by atoms with E-state index in [0.29, 0.717) is 12.1 Å². The Bertz CT molecular complexity index is 1610. The van der Waals surface area contributed by atoms with Gasteiger partial charge in [-0.1, -0.05) is 42.5 Å². The zero-order chi connectivity index (χ0) is 24.9. The highest BCUT2D eigenvalue weighted by Crippen LogP contribution is 2.43. The zero-order valence-electron chi connectivity index (χ0n) is 20.2. The van der Waals surface area contributed by atoms with Crippen molar-refractivity contribution >= 4 is 34.1 Å². The van der Waals surface area contributed by atoms with Crippen LogP contribution in [0, 0.1) is 0 Å². The number of hydrogen-bond acceptors (Lipinski definition) is 2. The summed E-state index contributed by atoms with van der Waals surface area (Å²) in [6.07, 6.45) is 5.84. The van der Waals surface area contributed by atoms with Crippen LogP contribution in [-0.2, 0) is 16.8 Å². The van der Waals surface area contributed by atoms with Gasteiger partial charge >= 0.3 is 0 Å². The van der Waals surface area contributed by atoms with Crippen LogP contribution >= 0.6 is 0 Å². The molecule has 0 saturated heterocycles. The predicted molar refractivity (Wildman–Crippen MR) is 143 cm³/mol. The van der Waals surface area contributed by atoms with Crippen molar-refractivity contribution in [1.82, 2.24) is 9.55 Å². The minimum absolute atomic E-state index is 0.0270. The number of benzene rings is 3. The lowest BCUT2D eigenvalue weighted by molar-refractivity contribution is -0.122. The number of hydrogen-bond donors (Lipinski definition) is 2. The van der Waals surface area contributed by atoms with Gasteiger partial charge < -0.3 is 19.8 Å². The summed E-state index contributed by atoms with van der Waals surface area (Å²) in [6, 6.07) is 25.5. The summed E-state index contributed by atoms with van der Waals surface area (Å²) in [5.41, 5.74) is 5.33. The monoisotopic (exact) mass is 474 g/mol. The first-order valence-corrected chi connectivity index (χ1v) is 12.0. The Morgan fingerprint density at radius 3 is 2.58 bits per heavy atom. The molecule has 0 atom stereocenters. The number of carbonyl (C=O) groups excluding carboxylic acids is 2. The summed E-state index contributed by atoms with van der Waals surface area (Å²) in [4.78, 5) is 31.6. The quantitative estimate of drug-likeness (QED) is 0.326. The molecule has 6 heteroatoms. The van der Waals surface area contributed by atoms with Gasteiger partial charge in [-0.2, -0.15) is 0 Å². The fourth-order valence-corrected chi connectivity index (χ4v) is 4.99. The van der Waals surface area contributed by atoms with E-state index < -0.39 is 5.41 Å². The van der Waals surface area contributed by atoms with Crippen LogP contribution in [0.5, 0.6) is 0 Å². The maximum absolute atomic E-state index is 13.5. The second-order valence-corrected chi connectivity index (χ2v) is 9.71. The van der Waals surface area contributed by atoms with Gasteiger partial charge in [0, 0.05) is 46.4 Å². The number of nitrogens with one attached hydrogen (secondary N) is 2. The highest BCUT2D eigenvalue weighted by atomic mass is 16.2. The summed E-state index contributed by atoms with van der Waals surface area (Å²) >= 11 is 0. The van der Waals surface area contributed by atoms with Gasteiger partial charge in [-0.05, 0) is 61.4 Å². The molecule has 1 aliphatic heterocycles. The van der Waals surface area contributed by atoms with Crippen molar-refractivity contribution < 1.29 is 9.59 Å². The Labute approximate surface area is 209 Å². The number of amides is 2. The molecule has 0 radical (unpaired) electrons. The first-order valence-electron chi connectivity index (χ1n) is 12.0. The average molecular weight is 475 g/mol. The topological polar surface area (TPSA) is 70.1 Å². The summed E-state index contributed by atoms with van der Waals surface area (Å²) in [5, 5.41) is 3.97. The summed E-state index contributed by atoms with van der Waals surface area (Å²) < 4.78 is 2.05. The Balaban J connectivity index is 1.30. The van der Waals surface area contributed by atoms with Crippen molar-refractivity contribution in [2.45, 2.75) is 25.8 Å². The van der Waals surface area contributed by atoms with Crippen LogP contribution < -0.4 is 10.2 Å². The van der Waals surface area contributed by atoms with Crippen LogP contribution in [0.2, 0.25) is 0 Å². The first-order chi connectivity index (χ1) is 17.4. The number of carbonyl (C=O) groups is 2. The molecule has 0 saturated carbocycles. The number of anilines is 2. The number of aromatic amines is 1. The van der Waals surface area contributed by atoms with Crippen LogP contribution in [0.3, 0.4) is 0 Å². The molecule has 2 amide bonds. The van der Waals surface area contributed by atoms with Gasteiger partial charge in [0.1, 0.15) is 0 Å².